The van der Waals surface area contributed by atoms with Crippen LogP contribution in [0, 0.1) is 5.82 Å². The van der Waals surface area contributed by atoms with Crippen molar-refractivity contribution in [1.82, 2.24) is 5.32 Å². The number of methoxy groups -OCH3 is 2. The summed E-state index contributed by atoms with van der Waals surface area (Å²) in [6.45, 7) is 0.382. The summed E-state index contributed by atoms with van der Waals surface area (Å²) in [5.74, 6) is 0.610. The van der Waals surface area contributed by atoms with E-state index in [4.69, 9.17) is 15.2 Å². The van der Waals surface area contributed by atoms with Gasteiger partial charge in [-0.15, -0.1) is 4.90 Å². The lowest BCUT2D eigenvalue weighted by atomic mass is 10.1. The number of nitrogens with one attached hydrogen (secondary N) is 2. The van der Waals surface area contributed by atoms with Crippen LogP contribution in [0.2, 0.25) is 0 Å². The molecule has 0 saturated carbocycles. The third-order valence-electron chi connectivity index (χ3n) is 4.53. The number of carbonyl (C=O) groups excluding carboxylic acids is 1. The molecular weight excluding hydrogens is 387 g/mol. The fourth-order valence-corrected chi connectivity index (χ4v) is 2.96. The number of nitrogens with zero attached hydrogens (tertiary/aromatic N) is 1. The van der Waals surface area contributed by atoms with Crippen molar-refractivity contribution in [2.75, 3.05) is 31.4 Å². The van der Waals surface area contributed by atoms with Gasteiger partial charge in [-0.3, -0.25) is 0 Å². The molecule has 0 atom stereocenters. The zero-order valence-electron chi connectivity index (χ0n) is 16.8. The molecule has 0 radical (unpaired) electrons. The lowest BCUT2D eigenvalue weighted by molar-refractivity contribution is -0.361. The number of anilines is 3. The number of pyridine rings is 1. The van der Waals surface area contributed by atoms with E-state index in [-0.39, 0.29) is 5.75 Å². The highest BCUT2D eigenvalue weighted by atomic mass is 19.1. The number of aromatic amines is 1. The van der Waals surface area contributed by atoms with Crippen LogP contribution < -0.4 is 30.4 Å². The minimum Gasteiger partial charge on any atom is -0.497 e. The second-order valence-electron chi connectivity index (χ2n) is 6.46. The molecule has 0 unspecified atom stereocenters. The summed E-state index contributed by atoms with van der Waals surface area (Å²) in [6.07, 6.45) is 2.26. The molecule has 0 bridgehead atoms. The van der Waals surface area contributed by atoms with Gasteiger partial charge >= 0.3 is 11.8 Å². The molecule has 0 saturated heterocycles. The average Bonchev–Trinajstić information content (AvgIpc) is 2.76. The third kappa shape index (κ3) is 4.78. The molecule has 0 fully saturated rings. The molecule has 3 aromatic rings. The number of ether oxygens (including phenoxy) is 2. The van der Waals surface area contributed by atoms with Gasteiger partial charge in [0.1, 0.15) is 17.1 Å². The van der Waals surface area contributed by atoms with Crippen LogP contribution in [0.4, 0.5) is 26.4 Å². The predicted molar refractivity (Wildman–Crippen MR) is 113 cm³/mol. The Balaban J connectivity index is 1.80. The van der Waals surface area contributed by atoms with Crippen molar-refractivity contribution >= 4 is 23.2 Å². The number of hydrogen-bond donors (Lipinski definition) is 2. The Morgan fingerprint density at radius 2 is 1.90 bits per heavy atom. The first-order chi connectivity index (χ1) is 14.5. The van der Waals surface area contributed by atoms with Gasteiger partial charge < -0.3 is 20.5 Å². The van der Waals surface area contributed by atoms with Gasteiger partial charge in [0.15, 0.2) is 11.6 Å². The van der Waals surface area contributed by atoms with Crippen LogP contribution in [0.1, 0.15) is 5.56 Å². The molecule has 4 N–H and O–H groups in total. The van der Waals surface area contributed by atoms with Crippen molar-refractivity contribution in [3.63, 3.8) is 0 Å². The highest BCUT2D eigenvalue weighted by molar-refractivity contribution is 6.00. The van der Waals surface area contributed by atoms with E-state index in [1.807, 2.05) is 24.3 Å². The number of carbonyl (C=O) groups is 1. The Labute approximate surface area is 174 Å². The van der Waals surface area contributed by atoms with Gasteiger partial charge in [-0.05, 0) is 48.4 Å². The number of benzene rings is 2. The average molecular weight is 411 g/mol. The first kappa shape index (κ1) is 20.9. The molecule has 0 aliphatic carbocycles. The molecule has 8 heteroatoms. The predicted octanol–water partition coefficient (Wildman–Crippen LogP) is 3.33. The molecule has 7 nitrogen and oxygen atoms in total. The number of urea groups is 1. The molecule has 3 rings (SSSR count). The number of hydrogen-bond acceptors (Lipinski definition) is 4. The van der Waals surface area contributed by atoms with Crippen LogP contribution in [0.3, 0.4) is 0 Å². The van der Waals surface area contributed by atoms with Crippen LogP contribution in [0.15, 0.2) is 60.8 Å². The first-order valence-electron chi connectivity index (χ1n) is 9.34. The van der Waals surface area contributed by atoms with E-state index in [1.165, 1.54) is 24.1 Å². The number of rotatable bonds is 7. The summed E-state index contributed by atoms with van der Waals surface area (Å²) in [5, 5.41) is 2.86. The van der Waals surface area contributed by atoms with E-state index in [9.17, 15) is 9.18 Å². The highest BCUT2D eigenvalue weighted by Crippen LogP contribution is 2.29. The Morgan fingerprint density at radius 3 is 2.53 bits per heavy atom. The van der Waals surface area contributed by atoms with E-state index < -0.39 is 11.8 Å². The van der Waals surface area contributed by atoms with Gasteiger partial charge in [0.25, 0.3) is 0 Å². The zero-order valence-corrected chi connectivity index (χ0v) is 16.8. The van der Waals surface area contributed by atoms with E-state index in [1.54, 1.807) is 31.5 Å². The van der Waals surface area contributed by atoms with Crippen molar-refractivity contribution in [3.8, 4) is 11.5 Å². The zero-order chi connectivity index (χ0) is 21.5. The van der Waals surface area contributed by atoms with Crippen molar-refractivity contribution in [2.24, 2.45) is 0 Å². The van der Waals surface area contributed by atoms with Gasteiger partial charge in [-0.1, -0.05) is 12.1 Å². The minimum atomic E-state index is -0.583. The Morgan fingerprint density at radius 1 is 1.13 bits per heavy atom. The largest absolute Gasteiger partial charge is 0.497 e. The molecular formula is C22H24FN4O3+. The number of halogens is 1. The van der Waals surface area contributed by atoms with Gasteiger partial charge in [0, 0.05) is 12.6 Å². The number of aromatic nitrogens is 1. The van der Waals surface area contributed by atoms with E-state index in [0.29, 0.717) is 30.2 Å². The van der Waals surface area contributed by atoms with Crippen LogP contribution in [0.25, 0.3) is 0 Å². The molecule has 1 heterocycles. The number of nitrogen functional groups attached to an aromatic ring is 1. The van der Waals surface area contributed by atoms with Crippen LogP contribution in [-0.2, 0) is 6.42 Å². The van der Waals surface area contributed by atoms with Crippen molar-refractivity contribution < 1.29 is 23.6 Å². The second-order valence-corrected chi connectivity index (χ2v) is 6.46. The van der Waals surface area contributed by atoms with Crippen molar-refractivity contribution in [2.45, 2.75) is 6.42 Å². The van der Waals surface area contributed by atoms with Gasteiger partial charge in [-0.2, -0.15) is 0 Å². The van der Waals surface area contributed by atoms with Crippen LogP contribution in [0.5, 0.6) is 11.5 Å². The van der Waals surface area contributed by atoms with Gasteiger partial charge in [-0.25, -0.2) is 14.2 Å². The van der Waals surface area contributed by atoms with Crippen molar-refractivity contribution in [1.29, 1.82) is 0 Å². The summed E-state index contributed by atoms with van der Waals surface area (Å²) < 4.78 is 24.4. The molecule has 1 aromatic heterocycles. The van der Waals surface area contributed by atoms with Crippen LogP contribution in [-0.4, -0.2) is 26.8 Å². The minimum absolute atomic E-state index is 0.0867. The summed E-state index contributed by atoms with van der Waals surface area (Å²) >= 11 is 0. The Bertz CT molecular complexity index is 1010. The lowest BCUT2D eigenvalue weighted by Gasteiger charge is -2.17. The topological polar surface area (TPSA) is 91.0 Å². The van der Waals surface area contributed by atoms with Gasteiger partial charge in [0.2, 0.25) is 0 Å². The quantitative estimate of drug-likeness (QED) is 0.624. The summed E-state index contributed by atoms with van der Waals surface area (Å²) in [5.41, 5.74) is 7.76. The van der Waals surface area contributed by atoms with Crippen molar-refractivity contribution in [3.05, 3.63) is 72.2 Å². The molecule has 0 spiro atoms. The smallest absolute Gasteiger partial charge is 0.414 e. The maximum absolute atomic E-state index is 14.3. The maximum Gasteiger partial charge on any atom is 0.414 e. The number of nitrogens with two attached hydrogens (primary N) is 1. The summed E-state index contributed by atoms with van der Waals surface area (Å²) in [4.78, 5) is 17.3. The van der Waals surface area contributed by atoms with Gasteiger partial charge in [0.05, 0.1) is 20.4 Å². The highest BCUT2D eigenvalue weighted by Gasteiger charge is 2.30. The molecule has 0 aliphatic rings. The molecule has 156 valence electrons. The normalized spacial score (nSPS) is 10.4. The molecule has 2 amide bonds. The van der Waals surface area contributed by atoms with Crippen LogP contribution >= 0.6 is 0 Å². The molecule has 30 heavy (non-hydrogen) atoms. The molecule has 0 aliphatic heterocycles. The first-order valence-corrected chi connectivity index (χ1v) is 9.34. The fraction of sp³-hybridized carbons (Fsp3) is 0.182. The van der Waals surface area contributed by atoms with E-state index in [0.717, 1.165) is 11.3 Å². The SMILES string of the molecule is COc1ccc(CCNC(=O)N(c2ccc(OC)c(F)c2)c2[nH+]cccc2N)cc1. The van der Waals surface area contributed by atoms with E-state index in [2.05, 4.69) is 10.3 Å². The summed E-state index contributed by atoms with van der Waals surface area (Å²) in [7, 11) is 2.99. The number of amides is 2. The third-order valence-corrected chi connectivity index (χ3v) is 4.53. The lowest BCUT2D eigenvalue weighted by Crippen LogP contribution is -2.40. The monoisotopic (exact) mass is 411 g/mol. The second kappa shape index (κ2) is 9.60. The molecule has 2 aromatic carbocycles. The van der Waals surface area contributed by atoms with E-state index >= 15 is 0 Å². The Kier molecular flexibility index (Phi) is 6.69. The standard InChI is InChI=1S/C22H23FN4O3/c1-29-17-8-5-15(6-9-17)11-13-26-22(28)27(21-19(24)4-3-12-25-21)16-7-10-20(30-2)18(23)14-16/h3-10,12,14H,11,13,24H2,1-2H3,(H,26,28)/p+1. The fourth-order valence-electron chi connectivity index (χ4n) is 2.96. The Hall–Kier alpha value is -3.81. The number of H-pyrrole nitrogens is 1. The maximum atomic E-state index is 14.3. The summed E-state index contributed by atoms with van der Waals surface area (Å²) in [6, 6.07) is 14.8.